The van der Waals surface area contributed by atoms with Crippen LogP contribution in [0.5, 0.6) is 0 Å². The highest BCUT2D eigenvalue weighted by Crippen LogP contribution is 2.23. The average Bonchev–Trinajstić information content (AvgIpc) is 3.31. The fourth-order valence-corrected chi connectivity index (χ4v) is 3.11. The van der Waals surface area contributed by atoms with E-state index in [4.69, 9.17) is 4.52 Å². The van der Waals surface area contributed by atoms with E-state index in [1.165, 1.54) is 0 Å². The molecule has 6 heteroatoms. The van der Waals surface area contributed by atoms with Gasteiger partial charge in [-0.3, -0.25) is 9.69 Å². The molecule has 1 aliphatic carbocycles. The summed E-state index contributed by atoms with van der Waals surface area (Å²) in [6.07, 6.45) is 4.09. The van der Waals surface area contributed by atoms with E-state index in [-0.39, 0.29) is 11.8 Å². The molecule has 2 heterocycles. The van der Waals surface area contributed by atoms with Crippen molar-refractivity contribution >= 4 is 5.91 Å². The average molecular weight is 326 g/mol. The van der Waals surface area contributed by atoms with Gasteiger partial charge in [0.15, 0.2) is 0 Å². The number of carbonyl (C=O) groups excluding carboxylic acids is 1. The third kappa shape index (κ3) is 3.64. The van der Waals surface area contributed by atoms with Crippen LogP contribution in [-0.2, 0) is 11.3 Å². The Morgan fingerprint density at radius 2 is 1.92 bits per heavy atom. The van der Waals surface area contributed by atoms with E-state index in [9.17, 15) is 4.79 Å². The quantitative estimate of drug-likeness (QED) is 0.912. The molecule has 2 aliphatic rings. The number of hydrogen-bond acceptors (Lipinski definition) is 5. The topological polar surface area (TPSA) is 71.3 Å². The second kappa shape index (κ2) is 6.73. The number of piperidine rings is 1. The smallest absolute Gasteiger partial charge is 0.241 e. The largest absolute Gasteiger partial charge is 0.353 e. The standard InChI is InChI=1S/C18H22N4O2/c23-18(19-15-6-7-15)14-8-10-22(11-9-14)12-16-20-17(21-24-16)13-4-2-1-3-5-13/h1-5,14-15H,6-12H2,(H,19,23). The van der Waals surface area contributed by atoms with Crippen LogP contribution in [0.3, 0.4) is 0 Å². The second-order valence-electron chi connectivity index (χ2n) is 6.71. The Morgan fingerprint density at radius 1 is 1.17 bits per heavy atom. The number of benzene rings is 1. The number of carbonyl (C=O) groups is 1. The number of nitrogens with one attached hydrogen (secondary N) is 1. The number of hydrogen-bond donors (Lipinski definition) is 1. The lowest BCUT2D eigenvalue weighted by Crippen LogP contribution is -2.40. The first kappa shape index (κ1) is 15.3. The summed E-state index contributed by atoms with van der Waals surface area (Å²) >= 11 is 0. The van der Waals surface area contributed by atoms with Crippen molar-refractivity contribution in [1.29, 1.82) is 0 Å². The van der Waals surface area contributed by atoms with E-state index in [1.54, 1.807) is 0 Å². The zero-order valence-corrected chi connectivity index (χ0v) is 13.6. The monoisotopic (exact) mass is 326 g/mol. The molecule has 0 atom stereocenters. The van der Waals surface area contributed by atoms with E-state index >= 15 is 0 Å². The number of likely N-dealkylation sites (tertiary alicyclic amines) is 1. The third-order valence-electron chi connectivity index (χ3n) is 4.74. The second-order valence-corrected chi connectivity index (χ2v) is 6.71. The van der Waals surface area contributed by atoms with Crippen molar-refractivity contribution in [2.75, 3.05) is 13.1 Å². The fourth-order valence-electron chi connectivity index (χ4n) is 3.11. The van der Waals surface area contributed by atoms with Crippen molar-refractivity contribution in [3.8, 4) is 11.4 Å². The van der Waals surface area contributed by atoms with E-state index < -0.39 is 0 Å². The molecule has 1 aromatic carbocycles. The lowest BCUT2D eigenvalue weighted by Gasteiger charge is -2.30. The minimum atomic E-state index is 0.157. The Kier molecular flexibility index (Phi) is 4.30. The van der Waals surface area contributed by atoms with Crippen LogP contribution in [0.4, 0.5) is 0 Å². The highest BCUT2D eigenvalue weighted by atomic mass is 16.5. The van der Waals surface area contributed by atoms with Crippen molar-refractivity contribution in [3.05, 3.63) is 36.2 Å². The maximum Gasteiger partial charge on any atom is 0.241 e. The fraction of sp³-hybridized carbons (Fsp3) is 0.500. The van der Waals surface area contributed by atoms with Gasteiger partial charge in [0.1, 0.15) is 0 Å². The summed E-state index contributed by atoms with van der Waals surface area (Å²) in [6, 6.07) is 10.3. The van der Waals surface area contributed by atoms with Crippen LogP contribution >= 0.6 is 0 Å². The Bertz CT molecular complexity index is 688. The van der Waals surface area contributed by atoms with Crippen LogP contribution in [0.1, 0.15) is 31.6 Å². The molecule has 4 rings (SSSR count). The first-order chi connectivity index (χ1) is 11.8. The zero-order valence-electron chi connectivity index (χ0n) is 13.6. The lowest BCUT2D eigenvalue weighted by molar-refractivity contribution is -0.126. The van der Waals surface area contributed by atoms with Crippen LogP contribution in [0, 0.1) is 5.92 Å². The van der Waals surface area contributed by atoms with Gasteiger partial charge in [0, 0.05) is 17.5 Å². The van der Waals surface area contributed by atoms with Crippen LogP contribution < -0.4 is 5.32 Å². The predicted octanol–water partition coefficient (Wildman–Crippen LogP) is 2.23. The van der Waals surface area contributed by atoms with Gasteiger partial charge in [-0.25, -0.2) is 0 Å². The first-order valence-electron chi connectivity index (χ1n) is 8.68. The summed E-state index contributed by atoms with van der Waals surface area (Å²) < 4.78 is 5.37. The molecular formula is C18H22N4O2. The van der Waals surface area contributed by atoms with Gasteiger partial charge >= 0.3 is 0 Å². The van der Waals surface area contributed by atoms with Crippen molar-refractivity contribution in [2.24, 2.45) is 5.92 Å². The number of nitrogens with zero attached hydrogens (tertiary/aromatic N) is 3. The summed E-state index contributed by atoms with van der Waals surface area (Å²) in [5.74, 6) is 1.66. The lowest BCUT2D eigenvalue weighted by atomic mass is 9.96. The summed E-state index contributed by atoms with van der Waals surface area (Å²) in [5.41, 5.74) is 0.961. The zero-order chi connectivity index (χ0) is 16.4. The molecule has 2 fully saturated rings. The van der Waals surface area contributed by atoms with Gasteiger partial charge in [-0.05, 0) is 38.8 Å². The Hall–Kier alpha value is -2.21. The third-order valence-corrected chi connectivity index (χ3v) is 4.74. The summed E-state index contributed by atoms with van der Waals surface area (Å²) in [4.78, 5) is 18.9. The maximum absolute atomic E-state index is 12.1. The van der Waals surface area contributed by atoms with Gasteiger partial charge in [0.2, 0.25) is 17.6 Å². The number of amides is 1. The molecule has 0 unspecified atom stereocenters. The number of rotatable bonds is 5. The Balaban J connectivity index is 1.29. The highest BCUT2D eigenvalue weighted by molar-refractivity contribution is 5.79. The molecule has 1 aliphatic heterocycles. The molecule has 1 N–H and O–H groups in total. The molecule has 1 saturated carbocycles. The molecule has 1 amide bonds. The van der Waals surface area contributed by atoms with Crippen LogP contribution in [-0.4, -0.2) is 40.1 Å². The molecule has 0 spiro atoms. The van der Waals surface area contributed by atoms with Gasteiger partial charge in [0.25, 0.3) is 0 Å². The highest BCUT2D eigenvalue weighted by Gasteiger charge is 2.30. The molecule has 0 bridgehead atoms. The van der Waals surface area contributed by atoms with Gasteiger partial charge in [-0.1, -0.05) is 35.5 Å². The van der Waals surface area contributed by atoms with Gasteiger partial charge in [-0.15, -0.1) is 0 Å². The van der Waals surface area contributed by atoms with E-state index in [2.05, 4.69) is 20.4 Å². The molecule has 24 heavy (non-hydrogen) atoms. The van der Waals surface area contributed by atoms with Crippen LogP contribution in [0.2, 0.25) is 0 Å². The molecule has 0 radical (unpaired) electrons. The molecule has 1 saturated heterocycles. The van der Waals surface area contributed by atoms with Gasteiger partial charge in [-0.2, -0.15) is 4.98 Å². The van der Waals surface area contributed by atoms with E-state index in [0.29, 0.717) is 24.3 Å². The number of aromatic nitrogens is 2. The van der Waals surface area contributed by atoms with Crippen molar-refractivity contribution < 1.29 is 9.32 Å². The first-order valence-corrected chi connectivity index (χ1v) is 8.68. The normalized spacial score (nSPS) is 19.3. The van der Waals surface area contributed by atoms with Crippen LogP contribution in [0.15, 0.2) is 34.9 Å². The van der Waals surface area contributed by atoms with Crippen LogP contribution in [0.25, 0.3) is 11.4 Å². The van der Waals surface area contributed by atoms with E-state index in [0.717, 1.165) is 44.3 Å². The molecule has 126 valence electrons. The van der Waals surface area contributed by atoms with E-state index in [1.807, 2.05) is 30.3 Å². The molecule has 6 nitrogen and oxygen atoms in total. The summed E-state index contributed by atoms with van der Waals surface area (Å²) in [6.45, 7) is 2.44. The minimum Gasteiger partial charge on any atom is -0.353 e. The SMILES string of the molecule is O=C(NC1CC1)C1CCN(Cc2nc(-c3ccccc3)no2)CC1. The Labute approximate surface area is 141 Å². The van der Waals surface area contributed by atoms with Crippen molar-refractivity contribution in [1.82, 2.24) is 20.4 Å². The van der Waals surface area contributed by atoms with Crippen molar-refractivity contribution in [2.45, 2.75) is 38.3 Å². The molecular weight excluding hydrogens is 304 g/mol. The summed E-state index contributed by atoms with van der Waals surface area (Å²) in [7, 11) is 0. The van der Waals surface area contributed by atoms with Crippen molar-refractivity contribution in [3.63, 3.8) is 0 Å². The van der Waals surface area contributed by atoms with Gasteiger partial charge in [0.05, 0.1) is 6.54 Å². The summed E-state index contributed by atoms with van der Waals surface area (Å²) in [5, 5.41) is 7.17. The molecule has 2 aromatic rings. The Morgan fingerprint density at radius 3 is 2.62 bits per heavy atom. The minimum absolute atomic E-state index is 0.157. The molecule has 1 aromatic heterocycles. The predicted molar refractivity (Wildman–Crippen MR) is 88.9 cm³/mol. The van der Waals surface area contributed by atoms with Gasteiger partial charge < -0.3 is 9.84 Å². The maximum atomic E-state index is 12.1.